The summed E-state index contributed by atoms with van der Waals surface area (Å²) in [5.41, 5.74) is 3.89. The molecule has 2 saturated carbocycles. The van der Waals surface area contributed by atoms with Gasteiger partial charge >= 0.3 is 5.97 Å². The maximum absolute atomic E-state index is 13.0. The van der Waals surface area contributed by atoms with Crippen LogP contribution in [0.25, 0.3) is 0 Å². The Morgan fingerprint density at radius 1 is 0.971 bits per heavy atom. The van der Waals surface area contributed by atoms with Gasteiger partial charge in [-0.1, -0.05) is 66.2 Å². The highest BCUT2D eigenvalue weighted by Gasteiger charge is 2.63. The lowest BCUT2D eigenvalue weighted by Crippen LogP contribution is -2.55. The highest BCUT2D eigenvalue weighted by molar-refractivity contribution is 5.96. The minimum Gasteiger partial charge on any atom is -0.478 e. The highest BCUT2D eigenvalue weighted by Crippen LogP contribution is 2.72. The Morgan fingerprint density at radius 3 is 2.26 bits per heavy atom. The van der Waals surface area contributed by atoms with Gasteiger partial charge in [-0.05, 0) is 90.8 Å². The van der Waals surface area contributed by atoms with Gasteiger partial charge in [0.15, 0.2) is 0 Å². The van der Waals surface area contributed by atoms with Crippen molar-refractivity contribution in [3.8, 4) is 0 Å². The first-order chi connectivity index (χ1) is 16.1. The van der Waals surface area contributed by atoms with Crippen molar-refractivity contribution in [3.63, 3.8) is 0 Å². The van der Waals surface area contributed by atoms with Crippen molar-refractivity contribution in [3.05, 3.63) is 23.3 Å². The van der Waals surface area contributed by atoms with Gasteiger partial charge in [-0.25, -0.2) is 4.79 Å². The molecule has 8 atom stereocenters. The van der Waals surface area contributed by atoms with E-state index in [-0.39, 0.29) is 45.0 Å². The van der Waals surface area contributed by atoms with Crippen LogP contribution in [0.3, 0.4) is 0 Å². The van der Waals surface area contributed by atoms with Crippen LogP contribution < -0.4 is 0 Å². The van der Waals surface area contributed by atoms with Crippen LogP contribution in [0.15, 0.2) is 23.3 Å². The van der Waals surface area contributed by atoms with E-state index in [0.29, 0.717) is 18.3 Å². The number of aliphatic carboxylic acids is 1. The van der Waals surface area contributed by atoms with Crippen LogP contribution in [0, 0.1) is 45.3 Å². The molecule has 4 heteroatoms. The van der Waals surface area contributed by atoms with E-state index in [1.165, 1.54) is 12.8 Å². The summed E-state index contributed by atoms with van der Waals surface area (Å²) in [6.07, 6.45) is 9.14. The molecule has 0 aliphatic heterocycles. The number of hydrogen-bond donors (Lipinski definition) is 2. The number of carboxylic acid groups (broad SMARTS) is 1. The zero-order valence-electron chi connectivity index (χ0n) is 23.2. The van der Waals surface area contributed by atoms with E-state index >= 15 is 0 Å². The quantitative estimate of drug-likeness (QED) is 0.315. The number of aliphatic hydroxyl groups is 1. The van der Waals surface area contributed by atoms with Gasteiger partial charge in [-0.2, -0.15) is 0 Å². The van der Waals surface area contributed by atoms with E-state index in [1.807, 2.05) is 0 Å². The molecule has 0 aromatic carbocycles. The topological polar surface area (TPSA) is 74.6 Å². The summed E-state index contributed by atoms with van der Waals surface area (Å²) in [6.45, 7) is 19.6. The van der Waals surface area contributed by atoms with Gasteiger partial charge in [-0.3, -0.25) is 4.79 Å². The molecular formula is C31H48O4. The molecule has 196 valence electrons. The summed E-state index contributed by atoms with van der Waals surface area (Å²) < 4.78 is 0. The Kier molecular flexibility index (Phi) is 6.52. The van der Waals surface area contributed by atoms with E-state index in [0.717, 1.165) is 38.5 Å². The second kappa shape index (κ2) is 8.57. The predicted molar refractivity (Wildman–Crippen MR) is 140 cm³/mol. The van der Waals surface area contributed by atoms with Gasteiger partial charge in [0.25, 0.3) is 0 Å². The summed E-state index contributed by atoms with van der Waals surface area (Å²) >= 11 is 0. The predicted octanol–water partition coefficient (Wildman–Crippen LogP) is 6.97. The Morgan fingerprint density at radius 2 is 1.63 bits per heavy atom. The molecule has 0 bridgehead atoms. The van der Waals surface area contributed by atoms with Crippen LogP contribution in [0.5, 0.6) is 0 Å². The fourth-order valence-electron chi connectivity index (χ4n) is 9.64. The van der Waals surface area contributed by atoms with Gasteiger partial charge in [0.05, 0.1) is 6.10 Å². The summed E-state index contributed by atoms with van der Waals surface area (Å²) in [6, 6.07) is 0. The molecule has 2 N–H and O–H groups in total. The molecule has 0 aromatic heterocycles. The van der Waals surface area contributed by atoms with Crippen LogP contribution >= 0.6 is 0 Å². The number of carboxylic acids is 1. The zero-order valence-corrected chi connectivity index (χ0v) is 23.2. The minimum absolute atomic E-state index is 0.00247. The molecule has 2 fully saturated rings. The third-order valence-electron chi connectivity index (χ3n) is 12.3. The first-order valence-electron chi connectivity index (χ1n) is 14.0. The minimum atomic E-state index is -1.08. The summed E-state index contributed by atoms with van der Waals surface area (Å²) in [5.74, 6) is -0.469. The van der Waals surface area contributed by atoms with Crippen LogP contribution in [0.2, 0.25) is 0 Å². The van der Waals surface area contributed by atoms with Gasteiger partial charge in [0, 0.05) is 17.9 Å². The van der Waals surface area contributed by atoms with Crippen molar-refractivity contribution in [1.82, 2.24) is 0 Å². The van der Waals surface area contributed by atoms with E-state index in [9.17, 15) is 19.8 Å². The second-order valence-electron chi connectivity index (χ2n) is 13.9. The number of carbonyl (C=O) groups is 2. The number of Topliss-reactive ketones (excluding diaryl/α,β-unsaturated/α-hetero) is 1. The average Bonchev–Trinajstić information content (AvgIpc) is 3.07. The molecule has 4 aliphatic carbocycles. The van der Waals surface area contributed by atoms with Crippen molar-refractivity contribution in [2.45, 2.75) is 112 Å². The van der Waals surface area contributed by atoms with Crippen molar-refractivity contribution in [1.29, 1.82) is 0 Å². The van der Waals surface area contributed by atoms with Crippen molar-refractivity contribution >= 4 is 11.8 Å². The smallest absolute Gasteiger partial charge is 0.331 e. The number of fused-ring (bicyclic) bond motifs is 4. The molecule has 0 radical (unpaired) electrons. The van der Waals surface area contributed by atoms with Crippen molar-refractivity contribution in [2.24, 2.45) is 45.3 Å². The van der Waals surface area contributed by atoms with Gasteiger partial charge in [0.1, 0.15) is 5.78 Å². The summed E-state index contributed by atoms with van der Waals surface area (Å²) in [5, 5.41) is 20.1. The van der Waals surface area contributed by atoms with Crippen LogP contribution in [-0.4, -0.2) is 28.1 Å². The fourth-order valence-corrected chi connectivity index (χ4v) is 9.64. The number of ketones is 1. The zero-order chi connectivity index (χ0) is 26.1. The first kappa shape index (κ1) is 26.6. The largest absolute Gasteiger partial charge is 0.478 e. The molecule has 4 aliphatic rings. The normalized spacial score (nSPS) is 41.9. The van der Waals surface area contributed by atoms with E-state index < -0.39 is 11.9 Å². The SMILES string of the molecule is C=C(C(=O)O)C(C)C(=O)C[C@@H](C)[C@H]1CC[C@@]2(C)C3=C(CC[C@]12C)[C@@]1(C)CC[C@@H](O)C(C)(C)[C@@H]1CC3. The standard InChI is InChI=1S/C31H48O4/c1-18(17-24(32)19(2)20(3)27(34)35)21-11-15-31(8)23-9-10-25-28(4,5)26(33)13-14-29(25,6)22(23)12-16-30(21,31)7/h18-19,21,25-26,33H,3,9-17H2,1-2,4-8H3,(H,34,35)/t18-,19?,21-,25+,26-,29-,30-,31+/m1/s1. The van der Waals surface area contributed by atoms with Crippen LogP contribution in [-0.2, 0) is 9.59 Å². The molecule has 35 heavy (non-hydrogen) atoms. The lowest BCUT2D eigenvalue weighted by atomic mass is 9.43. The van der Waals surface area contributed by atoms with Crippen molar-refractivity contribution in [2.75, 3.05) is 0 Å². The average molecular weight is 485 g/mol. The molecule has 0 spiro atoms. The number of allylic oxidation sites excluding steroid dienone is 2. The molecule has 4 rings (SSSR count). The van der Waals surface area contributed by atoms with E-state index in [1.54, 1.807) is 18.1 Å². The molecular weight excluding hydrogens is 436 g/mol. The number of rotatable bonds is 6. The number of carbonyl (C=O) groups excluding carboxylic acids is 1. The molecule has 1 unspecified atom stereocenters. The molecule has 0 aromatic rings. The van der Waals surface area contributed by atoms with Crippen LogP contribution in [0.4, 0.5) is 0 Å². The third-order valence-corrected chi connectivity index (χ3v) is 12.3. The van der Waals surface area contributed by atoms with Gasteiger partial charge in [0.2, 0.25) is 0 Å². The fraction of sp³-hybridized carbons (Fsp3) is 0.806. The Bertz CT molecular complexity index is 959. The van der Waals surface area contributed by atoms with E-state index in [2.05, 4.69) is 48.1 Å². The molecule has 0 amide bonds. The third kappa shape index (κ3) is 3.71. The van der Waals surface area contributed by atoms with Gasteiger partial charge in [-0.15, -0.1) is 0 Å². The summed E-state index contributed by atoms with van der Waals surface area (Å²) in [7, 11) is 0. The molecule has 4 nitrogen and oxygen atoms in total. The number of aliphatic hydroxyl groups excluding tert-OH is 1. The Hall–Kier alpha value is -1.42. The lowest BCUT2D eigenvalue weighted by molar-refractivity contribution is -0.135. The van der Waals surface area contributed by atoms with Crippen molar-refractivity contribution < 1.29 is 19.8 Å². The maximum Gasteiger partial charge on any atom is 0.331 e. The Balaban J connectivity index is 1.61. The Labute approximate surface area is 212 Å². The lowest BCUT2D eigenvalue weighted by Gasteiger charge is -2.62. The second-order valence-corrected chi connectivity index (χ2v) is 13.9. The number of hydrogen-bond acceptors (Lipinski definition) is 3. The summed E-state index contributed by atoms with van der Waals surface area (Å²) in [4.78, 5) is 24.3. The van der Waals surface area contributed by atoms with Gasteiger partial charge < -0.3 is 10.2 Å². The maximum atomic E-state index is 13.0. The van der Waals surface area contributed by atoms with E-state index in [4.69, 9.17) is 0 Å². The van der Waals surface area contributed by atoms with Crippen LogP contribution in [0.1, 0.15) is 106 Å². The molecule has 0 heterocycles. The highest BCUT2D eigenvalue weighted by atomic mass is 16.4. The monoisotopic (exact) mass is 484 g/mol. The first-order valence-corrected chi connectivity index (χ1v) is 14.0. The molecule has 0 saturated heterocycles.